The zero-order chi connectivity index (χ0) is 23.8. The summed E-state index contributed by atoms with van der Waals surface area (Å²) in [7, 11) is -3.68. The summed E-state index contributed by atoms with van der Waals surface area (Å²) in [6, 6.07) is 6.30. The van der Waals surface area contributed by atoms with E-state index >= 15 is 0 Å². The van der Waals surface area contributed by atoms with Crippen molar-refractivity contribution >= 4 is 27.6 Å². The van der Waals surface area contributed by atoms with Crippen molar-refractivity contribution in [1.29, 1.82) is 0 Å². The van der Waals surface area contributed by atoms with Crippen LogP contribution in [0.25, 0.3) is 0 Å². The van der Waals surface area contributed by atoms with Gasteiger partial charge in [0.25, 0.3) is 0 Å². The van der Waals surface area contributed by atoms with Gasteiger partial charge in [-0.3, -0.25) is 14.4 Å². The third-order valence-electron chi connectivity index (χ3n) is 5.90. The molecule has 1 aromatic carbocycles. The monoisotopic (exact) mass is 460 g/mol. The van der Waals surface area contributed by atoms with Crippen LogP contribution in [0.2, 0.25) is 0 Å². The van der Waals surface area contributed by atoms with Crippen molar-refractivity contribution < 1.29 is 27.5 Å². The molecule has 1 N–H and O–H groups in total. The Morgan fingerprint density at radius 2 is 1.81 bits per heavy atom. The van der Waals surface area contributed by atoms with E-state index in [1.165, 1.54) is 20.8 Å². The lowest BCUT2D eigenvalue weighted by atomic mass is 9.96. The van der Waals surface area contributed by atoms with Crippen LogP contribution in [-0.2, 0) is 32.5 Å². The third kappa shape index (κ3) is 4.40. The smallest absolute Gasteiger partial charge is 0.325 e. The quantitative estimate of drug-likeness (QED) is 0.502. The number of hydrogen-bond donors (Lipinski definition) is 1. The number of hydrogen-bond acceptors (Lipinski definition) is 6. The van der Waals surface area contributed by atoms with Gasteiger partial charge in [0.2, 0.25) is 15.8 Å². The number of esters is 1. The highest BCUT2D eigenvalue weighted by atomic mass is 32.2. The van der Waals surface area contributed by atoms with Crippen molar-refractivity contribution in [1.82, 2.24) is 9.29 Å². The minimum Gasteiger partial charge on any atom is -0.453 e. The Bertz CT molecular complexity index is 1180. The molecule has 0 amide bonds. The number of benzene rings is 1. The first-order valence-electron chi connectivity index (χ1n) is 10.5. The minimum atomic E-state index is -3.68. The van der Waals surface area contributed by atoms with E-state index in [9.17, 15) is 22.8 Å². The average molecular weight is 461 g/mol. The fraction of sp³-hybridized carbons (Fsp3) is 0.435. The summed E-state index contributed by atoms with van der Waals surface area (Å²) in [5.74, 6) is -1.57. The third-order valence-corrected chi connectivity index (χ3v) is 7.73. The summed E-state index contributed by atoms with van der Waals surface area (Å²) in [6.07, 6.45) is -0.980. The zero-order valence-electron chi connectivity index (χ0n) is 18.9. The molecule has 0 radical (unpaired) electrons. The van der Waals surface area contributed by atoms with Crippen LogP contribution in [0.15, 0.2) is 24.3 Å². The number of H-pyrrole nitrogens is 1. The second kappa shape index (κ2) is 8.99. The Balaban J connectivity index is 1.85. The number of carbonyl (C=O) groups excluding carboxylic acids is 3. The Morgan fingerprint density at radius 1 is 1.19 bits per heavy atom. The first-order valence-corrected chi connectivity index (χ1v) is 12.1. The van der Waals surface area contributed by atoms with Gasteiger partial charge in [-0.1, -0.05) is 24.3 Å². The molecule has 2 heterocycles. The number of aromatic amines is 1. The number of ketones is 2. The van der Waals surface area contributed by atoms with Gasteiger partial charge < -0.3 is 9.72 Å². The van der Waals surface area contributed by atoms with Crippen molar-refractivity contribution in [3.8, 4) is 0 Å². The summed E-state index contributed by atoms with van der Waals surface area (Å²) in [6.45, 7) is 7.82. The number of nitrogens with one attached hydrogen (secondary N) is 1. The van der Waals surface area contributed by atoms with Crippen LogP contribution in [0.5, 0.6) is 0 Å². The van der Waals surface area contributed by atoms with Crippen molar-refractivity contribution in [2.45, 2.75) is 59.7 Å². The molecule has 2 aromatic rings. The minimum absolute atomic E-state index is 0.0747. The molecular weight excluding hydrogens is 432 g/mol. The van der Waals surface area contributed by atoms with Gasteiger partial charge in [-0.15, -0.1) is 0 Å². The fourth-order valence-corrected chi connectivity index (χ4v) is 5.41. The van der Waals surface area contributed by atoms with Crippen molar-refractivity contribution in [3.05, 3.63) is 57.9 Å². The van der Waals surface area contributed by atoms with Crippen molar-refractivity contribution in [3.63, 3.8) is 0 Å². The average Bonchev–Trinajstić information content (AvgIpc) is 3.05. The van der Waals surface area contributed by atoms with Crippen LogP contribution < -0.4 is 0 Å². The Labute approximate surface area is 188 Å². The van der Waals surface area contributed by atoms with E-state index in [0.717, 1.165) is 15.4 Å². The molecule has 0 saturated heterocycles. The molecule has 1 aliphatic heterocycles. The Kier molecular flexibility index (Phi) is 6.71. The van der Waals surface area contributed by atoms with Gasteiger partial charge in [0.15, 0.2) is 11.9 Å². The second-order valence-electron chi connectivity index (χ2n) is 8.06. The van der Waals surface area contributed by atoms with Crippen LogP contribution in [0.3, 0.4) is 0 Å². The molecule has 0 aliphatic carbocycles. The number of sulfonamides is 1. The normalized spacial score (nSPS) is 17.5. The number of ether oxygens (including phenoxy) is 1. The van der Waals surface area contributed by atoms with E-state index in [4.69, 9.17) is 4.74 Å². The number of Topliss-reactive ketones (excluding diaryl/α,β-unsaturated/α-hetero) is 2. The van der Waals surface area contributed by atoms with E-state index in [0.29, 0.717) is 16.8 Å². The van der Waals surface area contributed by atoms with E-state index in [-0.39, 0.29) is 30.2 Å². The van der Waals surface area contributed by atoms with E-state index < -0.39 is 33.9 Å². The standard InChI is InChI=1S/C23H28N2O6S/c1-6-32(29,30)25-12-18-10-8-7-9-17(18)11-19(25)23(28)31-16(5)22(27)21-13(2)20(15(4)26)14(3)24-21/h7-10,16,19,24H,6,11-12H2,1-5H3/t16-,19-/m1/s1. The van der Waals surface area contributed by atoms with Gasteiger partial charge >= 0.3 is 5.97 Å². The molecule has 0 bridgehead atoms. The number of aromatic nitrogens is 1. The number of carbonyl (C=O) groups is 3. The van der Waals surface area contributed by atoms with E-state index in [2.05, 4.69) is 4.98 Å². The fourth-order valence-electron chi connectivity index (χ4n) is 4.19. The second-order valence-corrected chi connectivity index (χ2v) is 10.3. The molecule has 0 saturated carbocycles. The molecule has 3 rings (SSSR count). The van der Waals surface area contributed by atoms with Crippen LogP contribution in [-0.4, -0.2) is 53.1 Å². The molecule has 9 heteroatoms. The number of nitrogens with zero attached hydrogens (tertiary/aromatic N) is 1. The van der Waals surface area contributed by atoms with Crippen molar-refractivity contribution in [2.75, 3.05) is 5.75 Å². The topological polar surface area (TPSA) is 114 Å². The highest BCUT2D eigenvalue weighted by Crippen LogP contribution is 2.27. The lowest BCUT2D eigenvalue weighted by Crippen LogP contribution is -2.50. The molecule has 1 aromatic heterocycles. The maximum Gasteiger partial charge on any atom is 0.325 e. The predicted molar refractivity (Wildman–Crippen MR) is 119 cm³/mol. The molecule has 2 atom stereocenters. The largest absolute Gasteiger partial charge is 0.453 e. The van der Waals surface area contributed by atoms with Crippen LogP contribution in [0, 0.1) is 13.8 Å². The van der Waals surface area contributed by atoms with Crippen LogP contribution >= 0.6 is 0 Å². The Morgan fingerprint density at radius 3 is 2.38 bits per heavy atom. The number of rotatable bonds is 7. The van der Waals surface area contributed by atoms with Crippen LogP contribution in [0.1, 0.15) is 64.0 Å². The molecule has 0 spiro atoms. The highest BCUT2D eigenvalue weighted by Gasteiger charge is 2.40. The molecule has 0 unspecified atom stereocenters. The first-order chi connectivity index (χ1) is 15.0. The van der Waals surface area contributed by atoms with Gasteiger partial charge in [0, 0.05) is 24.2 Å². The lowest BCUT2D eigenvalue weighted by molar-refractivity contribution is -0.151. The summed E-state index contributed by atoms with van der Waals surface area (Å²) in [5.41, 5.74) is 3.44. The molecule has 172 valence electrons. The highest BCUT2D eigenvalue weighted by molar-refractivity contribution is 7.89. The number of fused-ring (bicyclic) bond motifs is 1. The van der Waals surface area contributed by atoms with Gasteiger partial charge in [0.1, 0.15) is 6.04 Å². The molecule has 8 nitrogen and oxygen atoms in total. The van der Waals surface area contributed by atoms with E-state index in [1.54, 1.807) is 13.8 Å². The zero-order valence-corrected chi connectivity index (χ0v) is 19.7. The summed E-state index contributed by atoms with van der Waals surface area (Å²) in [5, 5.41) is 0. The SMILES string of the molecule is CCS(=O)(=O)N1Cc2ccccc2C[C@@H]1C(=O)O[C@H](C)C(=O)c1[nH]c(C)c(C(C)=O)c1C. The Hall–Kier alpha value is -2.78. The summed E-state index contributed by atoms with van der Waals surface area (Å²) >= 11 is 0. The first kappa shape index (κ1) is 23.9. The summed E-state index contributed by atoms with van der Waals surface area (Å²) in [4.78, 5) is 40.8. The van der Waals surface area contributed by atoms with Crippen LogP contribution in [0.4, 0.5) is 0 Å². The molecule has 0 fully saturated rings. The van der Waals surface area contributed by atoms with Gasteiger partial charge in [-0.25, -0.2) is 8.42 Å². The number of aryl methyl sites for hydroxylation is 1. The lowest BCUT2D eigenvalue weighted by Gasteiger charge is -2.34. The van der Waals surface area contributed by atoms with Gasteiger partial charge in [-0.05, 0) is 51.3 Å². The van der Waals surface area contributed by atoms with Crippen molar-refractivity contribution in [2.24, 2.45) is 0 Å². The molecule has 32 heavy (non-hydrogen) atoms. The maximum atomic E-state index is 13.0. The van der Waals surface area contributed by atoms with Gasteiger partial charge in [-0.2, -0.15) is 4.31 Å². The molecular formula is C23H28N2O6S. The molecule has 1 aliphatic rings. The maximum absolute atomic E-state index is 13.0. The predicted octanol–water partition coefficient (Wildman–Crippen LogP) is 2.73. The van der Waals surface area contributed by atoms with E-state index in [1.807, 2.05) is 24.3 Å². The summed E-state index contributed by atoms with van der Waals surface area (Å²) < 4.78 is 32.0. The van der Waals surface area contributed by atoms with Gasteiger partial charge in [0.05, 0.1) is 11.4 Å².